The molecule has 0 spiro atoms. The molecule has 1 aromatic rings. The molecule has 7 heteroatoms. The van der Waals surface area contributed by atoms with Crippen molar-refractivity contribution < 1.29 is 14.4 Å². The van der Waals surface area contributed by atoms with E-state index in [1.807, 2.05) is 37.2 Å². The summed E-state index contributed by atoms with van der Waals surface area (Å²) in [5.74, 6) is -0.0691. The molecule has 1 rings (SSSR count). The summed E-state index contributed by atoms with van der Waals surface area (Å²) >= 11 is 5.55. The van der Waals surface area contributed by atoms with Crippen LogP contribution in [0.15, 0.2) is 29.4 Å². The quantitative estimate of drug-likeness (QED) is 0.400. The van der Waals surface area contributed by atoms with Crippen molar-refractivity contribution in [3.63, 3.8) is 0 Å². The highest BCUT2D eigenvalue weighted by molar-refractivity contribution is 6.28. The highest BCUT2D eigenvalue weighted by Crippen LogP contribution is 2.23. The van der Waals surface area contributed by atoms with Crippen LogP contribution in [-0.2, 0) is 9.57 Å². The van der Waals surface area contributed by atoms with Crippen molar-refractivity contribution in [3.05, 3.63) is 24.3 Å². The third-order valence-corrected chi connectivity index (χ3v) is 2.37. The topological polar surface area (TPSA) is 63.2 Å². The number of nitrogens with one attached hydrogen (secondary N) is 1. The van der Waals surface area contributed by atoms with Crippen molar-refractivity contribution in [2.45, 2.75) is 0 Å². The number of rotatable bonds is 4. The number of oxime groups is 1. The van der Waals surface area contributed by atoms with Crippen molar-refractivity contribution in [1.82, 2.24) is 0 Å². The lowest BCUT2D eigenvalue weighted by Crippen LogP contribution is -2.21. The van der Waals surface area contributed by atoms with E-state index in [1.165, 1.54) is 7.11 Å². The molecule has 0 radical (unpaired) electrons. The lowest BCUT2D eigenvalue weighted by atomic mass is 10.2. The molecule has 1 amide bonds. The lowest BCUT2D eigenvalue weighted by molar-refractivity contribution is 0.187. The molecule has 0 saturated carbocycles. The number of anilines is 2. The van der Waals surface area contributed by atoms with E-state index in [9.17, 15) is 4.79 Å². The molecule has 0 saturated heterocycles. The number of alkyl halides is 1. The Morgan fingerprint density at radius 1 is 1.42 bits per heavy atom. The van der Waals surface area contributed by atoms with Crippen LogP contribution in [0.3, 0.4) is 0 Å². The fourth-order valence-electron chi connectivity index (χ4n) is 1.38. The van der Waals surface area contributed by atoms with Gasteiger partial charge in [-0.2, -0.15) is 0 Å². The monoisotopic (exact) mass is 285 g/mol. The van der Waals surface area contributed by atoms with Gasteiger partial charge in [0.2, 0.25) is 0 Å². The van der Waals surface area contributed by atoms with Gasteiger partial charge in [0.05, 0.1) is 11.4 Å². The first-order valence-electron chi connectivity index (χ1n) is 5.49. The maximum Gasteiger partial charge on any atom is 0.418 e. The van der Waals surface area contributed by atoms with Crippen molar-refractivity contribution >= 4 is 35.0 Å². The molecule has 19 heavy (non-hydrogen) atoms. The van der Waals surface area contributed by atoms with Gasteiger partial charge in [-0.3, -0.25) is 5.32 Å². The van der Waals surface area contributed by atoms with E-state index in [4.69, 9.17) is 16.3 Å². The Morgan fingerprint density at radius 3 is 2.68 bits per heavy atom. The van der Waals surface area contributed by atoms with Crippen molar-refractivity contribution in [3.8, 4) is 0 Å². The third-order valence-electron chi connectivity index (χ3n) is 2.14. The Balaban J connectivity index is 2.75. The molecule has 0 bridgehead atoms. The van der Waals surface area contributed by atoms with Gasteiger partial charge in [-0.05, 0) is 12.1 Å². The van der Waals surface area contributed by atoms with Crippen molar-refractivity contribution in [2.24, 2.45) is 5.16 Å². The summed E-state index contributed by atoms with van der Waals surface area (Å²) in [5, 5.41) is 6.09. The zero-order valence-electron chi connectivity index (χ0n) is 11.0. The van der Waals surface area contributed by atoms with Crippen LogP contribution < -0.4 is 10.2 Å². The molecular weight excluding hydrogens is 270 g/mol. The van der Waals surface area contributed by atoms with Gasteiger partial charge in [0.15, 0.2) is 0 Å². The van der Waals surface area contributed by atoms with E-state index in [2.05, 4.69) is 15.3 Å². The molecule has 1 aromatic carbocycles. The van der Waals surface area contributed by atoms with E-state index in [0.29, 0.717) is 5.69 Å². The second kappa shape index (κ2) is 7.48. The average molecular weight is 286 g/mol. The SMILES string of the molecule is CON=C(CCl)OC(=O)Nc1ccccc1N(C)C. The van der Waals surface area contributed by atoms with Gasteiger partial charge in [-0.15, -0.1) is 11.6 Å². The van der Waals surface area contributed by atoms with Gasteiger partial charge >= 0.3 is 6.09 Å². The summed E-state index contributed by atoms with van der Waals surface area (Å²) in [6.07, 6.45) is -0.675. The minimum absolute atomic E-state index is 0.0102. The molecule has 0 atom stereocenters. The summed E-state index contributed by atoms with van der Waals surface area (Å²) in [5.41, 5.74) is 1.49. The number of amides is 1. The van der Waals surface area contributed by atoms with E-state index in [-0.39, 0.29) is 11.8 Å². The molecule has 0 fully saturated rings. The van der Waals surface area contributed by atoms with Gasteiger partial charge in [-0.1, -0.05) is 17.3 Å². The fourth-order valence-corrected chi connectivity index (χ4v) is 1.49. The number of benzene rings is 1. The molecule has 0 unspecified atom stereocenters. The van der Waals surface area contributed by atoms with Crippen LogP contribution in [0.1, 0.15) is 0 Å². The zero-order chi connectivity index (χ0) is 14.3. The Morgan fingerprint density at radius 2 is 2.11 bits per heavy atom. The summed E-state index contributed by atoms with van der Waals surface area (Å²) in [4.78, 5) is 18.1. The Bertz CT molecular complexity index is 463. The van der Waals surface area contributed by atoms with Crippen molar-refractivity contribution in [2.75, 3.05) is 37.3 Å². The number of ether oxygens (including phenoxy) is 1. The second-order valence-electron chi connectivity index (χ2n) is 3.73. The smallest absolute Gasteiger partial charge is 0.396 e. The maximum atomic E-state index is 11.7. The molecule has 0 aliphatic rings. The van der Waals surface area contributed by atoms with Gasteiger partial charge in [0.25, 0.3) is 5.90 Å². The minimum atomic E-state index is -0.675. The number of carbonyl (C=O) groups excluding carboxylic acids is 1. The zero-order valence-corrected chi connectivity index (χ0v) is 11.8. The van der Waals surface area contributed by atoms with E-state index in [0.717, 1.165) is 5.69 Å². The Labute approximate surface area is 116 Å². The van der Waals surface area contributed by atoms with Crippen LogP contribution in [0.5, 0.6) is 0 Å². The molecule has 0 aromatic heterocycles. The first-order valence-corrected chi connectivity index (χ1v) is 6.03. The van der Waals surface area contributed by atoms with E-state index in [1.54, 1.807) is 6.07 Å². The third kappa shape index (κ3) is 4.67. The van der Waals surface area contributed by atoms with Crippen LogP contribution in [0.2, 0.25) is 0 Å². The van der Waals surface area contributed by atoms with Gasteiger partial charge in [0, 0.05) is 14.1 Å². The fraction of sp³-hybridized carbons (Fsp3) is 0.333. The molecule has 1 N–H and O–H groups in total. The molecule has 0 aliphatic carbocycles. The summed E-state index contributed by atoms with van der Waals surface area (Å²) in [6.45, 7) is 0. The lowest BCUT2D eigenvalue weighted by Gasteiger charge is -2.17. The van der Waals surface area contributed by atoms with Crippen LogP contribution in [-0.4, -0.2) is 39.1 Å². The summed E-state index contributed by atoms with van der Waals surface area (Å²) in [6, 6.07) is 7.34. The number of nitrogens with zero attached hydrogens (tertiary/aromatic N) is 2. The number of halogens is 1. The van der Waals surface area contributed by atoms with E-state index < -0.39 is 6.09 Å². The highest BCUT2D eigenvalue weighted by Gasteiger charge is 2.11. The number of carbonyl (C=O) groups is 1. The van der Waals surface area contributed by atoms with Gasteiger partial charge in [0.1, 0.15) is 13.0 Å². The van der Waals surface area contributed by atoms with Gasteiger partial charge < -0.3 is 14.5 Å². The molecule has 6 nitrogen and oxygen atoms in total. The summed E-state index contributed by atoms with van der Waals surface area (Å²) in [7, 11) is 5.10. The molecule has 0 heterocycles. The number of hydrogen-bond acceptors (Lipinski definition) is 5. The van der Waals surface area contributed by atoms with Crippen molar-refractivity contribution in [1.29, 1.82) is 0 Å². The molecule has 104 valence electrons. The maximum absolute atomic E-state index is 11.7. The minimum Gasteiger partial charge on any atom is -0.396 e. The average Bonchev–Trinajstić information content (AvgIpc) is 2.38. The van der Waals surface area contributed by atoms with Crippen LogP contribution in [0, 0.1) is 0 Å². The highest BCUT2D eigenvalue weighted by atomic mass is 35.5. The van der Waals surface area contributed by atoms with Gasteiger partial charge in [-0.25, -0.2) is 4.79 Å². The number of hydrogen-bond donors (Lipinski definition) is 1. The second-order valence-corrected chi connectivity index (χ2v) is 3.99. The van der Waals surface area contributed by atoms with Crippen LogP contribution >= 0.6 is 11.6 Å². The van der Waals surface area contributed by atoms with E-state index >= 15 is 0 Å². The number of para-hydroxylation sites is 2. The van der Waals surface area contributed by atoms with Crippen LogP contribution in [0.4, 0.5) is 16.2 Å². The Kier molecular flexibility index (Phi) is 5.95. The normalized spacial score (nSPS) is 10.8. The summed E-state index contributed by atoms with van der Waals surface area (Å²) < 4.78 is 4.90. The Hall–Kier alpha value is -1.95. The molecular formula is C12H16ClN3O3. The first-order chi connectivity index (χ1) is 9.08. The molecule has 0 aliphatic heterocycles. The van der Waals surface area contributed by atoms with Crippen LogP contribution in [0.25, 0.3) is 0 Å². The predicted octanol–water partition coefficient (Wildman–Crippen LogP) is 2.50. The first kappa shape index (κ1) is 15.1. The standard InChI is InChI=1S/C12H16ClN3O3/c1-16(2)10-7-5-4-6-9(10)14-12(17)19-11(8-13)15-18-3/h4-7H,8H2,1-3H3,(H,14,17). The largest absolute Gasteiger partial charge is 0.418 e. The predicted molar refractivity (Wildman–Crippen MR) is 76.0 cm³/mol.